The average molecular weight is 336 g/mol. The summed E-state index contributed by atoms with van der Waals surface area (Å²) in [5, 5.41) is 16.8. The Balaban J connectivity index is 1.36. The van der Waals surface area contributed by atoms with Crippen LogP contribution < -0.4 is 5.32 Å². The van der Waals surface area contributed by atoms with E-state index in [2.05, 4.69) is 62.6 Å². The van der Waals surface area contributed by atoms with Crippen LogP contribution in [-0.2, 0) is 26.1 Å². The molecule has 130 valence electrons. The lowest BCUT2D eigenvalue weighted by molar-refractivity contribution is 0.465. The molecular formula is C19H24N6. The van der Waals surface area contributed by atoms with E-state index in [1.165, 1.54) is 24.0 Å². The molecule has 3 heterocycles. The fourth-order valence-corrected chi connectivity index (χ4v) is 3.37. The van der Waals surface area contributed by atoms with Crippen LogP contribution in [0, 0.1) is 0 Å². The molecule has 0 radical (unpaired) electrons. The van der Waals surface area contributed by atoms with Crippen molar-refractivity contribution in [3.63, 3.8) is 0 Å². The molecule has 0 amide bonds. The molecule has 1 N–H and O–H groups in total. The first-order valence-electron chi connectivity index (χ1n) is 9.00. The molecule has 6 nitrogen and oxygen atoms in total. The van der Waals surface area contributed by atoms with Crippen molar-refractivity contribution in [3.05, 3.63) is 65.5 Å². The SMILES string of the molecule is C[C@H](NCc1cnn(Cc2ccccc2)c1)c1nnc2n1CCCC2. The quantitative estimate of drug-likeness (QED) is 0.752. The summed E-state index contributed by atoms with van der Waals surface area (Å²) in [6.45, 7) is 4.77. The first-order valence-corrected chi connectivity index (χ1v) is 9.00. The fourth-order valence-electron chi connectivity index (χ4n) is 3.37. The lowest BCUT2D eigenvalue weighted by Gasteiger charge is -2.18. The molecule has 0 unspecified atom stereocenters. The highest BCUT2D eigenvalue weighted by molar-refractivity contribution is 5.15. The summed E-state index contributed by atoms with van der Waals surface area (Å²) in [5.74, 6) is 2.18. The van der Waals surface area contributed by atoms with Crippen molar-refractivity contribution >= 4 is 0 Å². The van der Waals surface area contributed by atoms with E-state index in [0.29, 0.717) is 0 Å². The number of hydrogen-bond donors (Lipinski definition) is 1. The van der Waals surface area contributed by atoms with Gasteiger partial charge in [-0.05, 0) is 25.3 Å². The molecule has 0 saturated heterocycles. The number of aryl methyl sites for hydroxylation is 1. The van der Waals surface area contributed by atoms with E-state index in [1.54, 1.807) is 0 Å². The number of nitrogens with one attached hydrogen (secondary N) is 1. The molecule has 0 saturated carbocycles. The summed E-state index contributed by atoms with van der Waals surface area (Å²) in [7, 11) is 0. The Morgan fingerprint density at radius 1 is 1.12 bits per heavy atom. The normalized spacial score (nSPS) is 15.1. The van der Waals surface area contributed by atoms with Crippen molar-refractivity contribution in [1.29, 1.82) is 0 Å². The van der Waals surface area contributed by atoms with Crippen LogP contribution in [0.15, 0.2) is 42.7 Å². The van der Waals surface area contributed by atoms with E-state index < -0.39 is 0 Å². The zero-order chi connectivity index (χ0) is 17.1. The number of fused-ring (bicyclic) bond motifs is 1. The predicted molar refractivity (Wildman–Crippen MR) is 96.0 cm³/mol. The van der Waals surface area contributed by atoms with Crippen molar-refractivity contribution < 1.29 is 0 Å². The third-order valence-electron chi connectivity index (χ3n) is 4.76. The van der Waals surface area contributed by atoms with Crippen LogP contribution in [-0.4, -0.2) is 24.5 Å². The van der Waals surface area contributed by atoms with Crippen molar-refractivity contribution in [2.75, 3.05) is 0 Å². The average Bonchev–Trinajstić information content (AvgIpc) is 3.27. The smallest absolute Gasteiger partial charge is 0.149 e. The van der Waals surface area contributed by atoms with Gasteiger partial charge < -0.3 is 9.88 Å². The van der Waals surface area contributed by atoms with Gasteiger partial charge in [0, 0.05) is 31.3 Å². The monoisotopic (exact) mass is 336 g/mol. The van der Waals surface area contributed by atoms with E-state index in [1.807, 2.05) is 16.9 Å². The topological polar surface area (TPSA) is 60.6 Å². The van der Waals surface area contributed by atoms with Crippen LogP contribution in [0.25, 0.3) is 0 Å². The summed E-state index contributed by atoms with van der Waals surface area (Å²) in [5.41, 5.74) is 2.44. The van der Waals surface area contributed by atoms with E-state index in [0.717, 1.165) is 37.7 Å². The largest absolute Gasteiger partial charge is 0.314 e. The second-order valence-electron chi connectivity index (χ2n) is 6.72. The molecule has 0 spiro atoms. The maximum absolute atomic E-state index is 4.47. The van der Waals surface area contributed by atoms with Gasteiger partial charge in [0.25, 0.3) is 0 Å². The van der Waals surface area contributed by atoms with E-state index in [-0.39, 0.29) is 6.04 Å². The van der Waals surface area contributed by atoms with E-state index in [9.17, 15) is 0 Å². The van der Waals surface area contributed by atoms with Gasteiger partial charge in [0.15, 0.2) is 0 Å². The van der Waals surface area contributed by atoms with Gasteiger partial charge >= 0.3 is 0 Å². The highest BCUT2D eigenvalue weighted by Crippen LogP contribution is 2.19. The lowest BCUT2D eigenvalue weighted by Crippen LogP contribution is -2.23. The molecule has 1 aromatic carbocycles. The number of rotatable bonds is 6. The van der Waals surface area contributed by atoms with Crippen LogP contribution >= 0.6 is 0 Å². The van der Waals surface area contributed by atoms with Gasteiger partial charge in [-0.15, -0.1) is 10.2 Å². The number of hydrogen-bond acceptors (Lipinski definition) is 4. The summed E-state index contributed by atoms with van der Waals surface area (Å²) in [4.78, 5) is 0. The molecule has 6 heteroatoms. The van der Waals surface area contributed by atoms with Gasteiger partial charge in [-0.25, -0.2) is 0 Å². The second-order valence-corrected chi connectivity index (χ2v) is 6.72. The van der Waals surface area contributed by atoms with Crippen LogP contribution in [0.2, 0.25) is 0 Å². The van der Waals surface area contributed by atoms with E-state index >= 15 is 0 Å². The molecule has 3 aromatic rings. The van der Waals surface area contributed by atoms with Crippen molar-refractivity contribution in [2.24, 2.45) is 0 Å². The molecule has 4 rings (SSSR count). The molecule has 2 aromatic heterocycles. The minimum atomic E-state index is 0.178. The van der Waals surface area contributed by atoms with Gasteiger partial charge in [-0.2, -0.15) is 5.10 Å². The van der Waals surface area contributed by atoms with Crippen molar-refractivity contribution in [3.8, 4) is 0 Å². The first kappa shape index (κ1) is 16.0. The molecule has 0 bridgehead atoms. The van der Waals surface area contributed by atoms with Crippen LogP contribution in [0.5, 0.6) is 0 Å². The predicted octanol–water partition coefficient (Wildman–Crippen LogP) is 2.71. The van der Waals surface area contributed by atoms with Crippen molar-refractivity contribution in [2.45, 2.75) is 51.9 Å². The molecule has 0 aliphatic carbocycles. The van der Waals surface area contributed by atoms with Gasteiger partial charge in [-0.1, -0.05) is 30.3 Å². The fraction of sp³-hybridized carbons (Fsp3) is 0.421. The highest BCUT2D eigenvalue weighted by atomic mass is 15.3. The highest BCUT2D eigenvalue weighted by Gasteiger charge is 2.19. The Hall–Kier alpha value is -2.47. The standard InChI is InChI=1S/C19H24N6/c1-15(19-23-22-18-9-5-6-10-25(18)19)20-11-17-12-21-24(14-17)13-16-7-3-2-4-8-16/h2-4,7-8,12,14-15,20H,5-6,9-11,13H2,1H3/t15-/m0/s1. The molecule has 1 aliphatic rings. The van der Waals surface area contributed by atoms with Crippen molar-refractivity contribution in [1.82, 2.24) is 29.9 Å². The van der Waals surface area contributed by atoms with Gasteiger partial charge in [0.1, 0.15) is 11.6 Å². The van der Waals surface area contributed by atoms with Crippen LogP contribution in [0.1, 0.15) is 48.6 Å². The van der Waals surface area contributed by atoms with Gasteiger partial charge in [-0.3, -0.25) is 4.68 Å². The van der Waals surface area contributed by atoms with Crippen LogP contribution in [0.4, 0.5) is 0 Å². The minimum absolute atomic E-state index is 0.178. The van der Waals surface area contributed by atoms with Gasteiger partial charge in [0.2, 0.25) is 0 Å². The summed E-state index contributed by atoms with van der Waals surface area (Å²) >= 11 is 0. The second kappa shape index (κ2) is 7.19. The Morgan fingerprint density at radius 3 is 2.88 bits per heavy atom. The number of benzene rings is 1. The molecular weight excluding hydrogens is 312 g/mol. The minimum Gasteiger partial charge on any atom is -0.314 e. The zero-order valence-corrected chi connectivity index (χ0v) is 14.6. The Kier molecular flexibility index (Phi) is 4.61. The summed E-state index contributed by atoms with van der Waals surface area (Å²) in [6.07, 6.45) is 7.53. The first-order chi connectivity index (χ1) is 12.3. The van der Waals surface area contributed by atoms with Gasteiger partial charge in [0.05, 0.1) is 18.8 Å². The number of aromatic nitrogens is 5. The third kappa shape index (κ3) is 3.64. The third-order valence-corrected chi connectivity index (χ3v) is 4.76. The Labute approximate surface area is 147 Å². The van der Waals surface area contributed by atoms with E-state index in [4.69, 9.17) is 0 Å². The number of nitrogens with zero attached hydrogens (tertiary/aromatic N) is 5. The Bertz CT molecular complexity index is 820. The van der Waals surface area contributed by atoms with Crippen LogP contribution in [0.3, 0.4) is 0 Å². The Morgan fingerprint density at radius 2 is 2.00 bits per heavy atom. The zero-order valence-electron chi connectivity index (χ0n) is 14.6. The summed E-state index contributed by atoms with van der Waals surface area (Å²) < 4.78 is 4.26. The molecule has 1 aliphatic heterocycles. The maximum Gasteiger partial charge on any atom is 0.149 e. The summed E-state index contributed by atoms with van der Waals surface area (Å²) in [6, 6.07) is 10.6. The lowest BCUT2D eigenvalue weighted by atomic mass is 10.1. The maximum atomic E-state index is 4.47. The molecule has 0 fully saturated rings. The molecule has 25 heavy (non-hydrogen) atoms. The molecule has 1 atom stereocenters.